The van der Waals surface area contributed by atoms with E-state index in [1.54, 1.807) is 18.3 Å². The van der Waals surface area contributed by atoms with E-state index >= 15 is 0 Å². The molecule has 2 aromatic rings. The molecule has 3 N–H and O–H groups in total. The van der Waals surface area contributed by atoms with E-state index < -0.39 is 17.5 Å². The summed E-state index contributed by atoms with van der Waals surface area (Å²) in [6.07, 6.45) is 1.56. The van der Waals surface area contributed by atoms with Crippen LogP contribution in [0.15, 0.2) is 30.5 Å². The van der Waals surface area contributed by atoms with Crippen LogP contribution < -0.4 is 11.1 Å². The maximum absolute atomic E-state index is 13.5. The molecule has 1 aromatic carbocycles. The first kappa shape index (κ1) is 12.9. The van der Waals surface area contributed by atoms with Gasteiger partial charge in [-0.05, 0) is 24.6 Å². The number of carbonyl (C=O) groups excluding carboxylic acids is 1. The molecule has 0 radical (unpaired) electrons. The van der Waals surface area contributed by atoms with Crippen LogP contribution in [-0.4, -0.2) is 10.9 Å². The van der Waals surface area contributed by atoms with Crippen molar-refractivity contribution in [1.82, 2.24) is 4.98 Å². The van der Waals surface area contributed by atoms with Crippen LogP contribution in [0.3, 0.4) is 0 Å². The Morgan fingerprint density at radius 3 is 2.63 bits per heavy atom. The predicted octanol–water partition coefficient (Wildman–Crippen LogP) is 2.50. The number of nitrogens with two attached hydrogens (primary N) is 1. The molecule has 1 amide bonds. The van der Waals surface area contributed by atoms with E-state index in [-0.39, 0.29) is 17.1 Å². The number of nitrogens with zero attached hydrogens (tertiary/aromatic N) is 1. The standard InChI is InChI=1S/C13H11F2N3O/c1-7-2-3-12(17-6-7)18-13(19)8-4-11(16)10(15)5-9(8)14/h2-6H,16H2,1H3,(H,17,18,19). The minimum Gasteiger partial charge on any atom is -0.396 e. The summed E-state index contributed by atoms with van der Waals surface area (Å²) in [6.45, 7) is 1.85. The monoisotopic (exact) mass is 263 g/mol. The molecule has 0 aliphatic heterocycles. The van der Waals surface area contributed by atoms with Crippen molar-refractivity contribution in [1.29, 1.82) is 0 Å². The number of rotatable bonds is 2. The van der Waals surface area contributed by atoms with Crippen molar-refractivity contribution in [3.8, 4) is 0 Å². The highest BCUT2D eigenvalue weighted by molar-refractivity contribution is 6.04. The number of carbonyl (C=O) groups is 1. The van der Waals surface area contributed by atoms with Gasteiger partial charge in [0.25, 0.3) is 5.91 Å². The van der Waals surface area contributed by atoms with Crippen LogP contribution in [0.25, 0.3) is 0 Å². The molecule has 2 rings (SSSR count). The zero-order chi connectivity index (χ0) is 14.0. The van der Waals surface area contributed by atoms with E-state index in [0.717, 1.165) is 11.6 Å². The van der Waals surface area contributed by atoms with Crippen LogP contribution in [0.1, 0.15) is 15.9 Å². The Morgan fingerprint density at radius 2 is 2.00 bits per heavy atom. The molecule has 0 aliphatic rings. The Kier molecular flexibility index (Phi) is 3.41. The lowest BCUT2D eigenvalue weighted by atomic mass is 10.1. The molecule has 19 heavy (non-hydrogen) atoms. The summed E-state index contributed by atoms with van der Waals surface area (Å²) in [6, 6.07) is 4.86. The van der Waals surface area contributed by atoms with Gasteiger partial charge in [0.1, 0.15) is 17.5 Å². The summed E-state index contributed by atoms with van der Waals surface area (Å²) in [4.78, 5) is 15.8. The van der Waals surface area contributed by atoms with Crippen molar-refractivity contribution < 1.29 is 13.6 Å². The Morgan fingerprint density at radius 1 is 1.26 bits per heavy atom. The van der Waals surface area contributed by atoms with Gasteiger partial charge in [0.05, 0.1) is 11.3 Å². The lowest BCUT2D eigenvalue weighted by molar-refractivity contribution is 0.102. The molecule has 0 unspecified atom stereocenters. The third-order valence-electron chi connectivity index (χ3n) is 2.48. The summed E-state index contributed by atoms with van der Waals surface area (Å²) in [5.41, 5.74) is 5.61. The van der Waals surface area contributed by atoms with Crippen molar-refractivity contribution in [2.45, 2.75) is 6.92 Å². The number of nitrogens with one attached hydrogen (secondary N) is 1. The topological polar surface area (TPSA) is 68.0 Å². The summed E-state index contributed by atoms with van der Waals surface area (Å²) in [5, 5.41) is 2.40. The van der Waals surface area contributed by atoms with E-state index in [2.05, 4.69) is 10.3 Å². The van der Waals surface area contributed by atoms with Gasteiger partial charge in [-0.15, -0.1) is 0 Å². The second-order valence-corrected chi connectivity index (χ2v) is 4.03. The Hall–Kier alpha value is -2.50. The number of hydrogen-bond donors (Lipinski definition) is 2. The molecule has 0 fully saturated rings. The number of amides is 1. The molecular weight excluding hydrogens is 252 g/mol. The molecule has 0 bridgehead atoms. The van der Waals surface area contributed by atoms with Gasteiger partial charge in [0.2, 0.25) is 0 Å². The Balaban J connectivity index is 2.25. The fourth-order valence-corrected chi connectivity index (χ4v) is 1.47. The van der Waals surface area contributed by atoms with Gasteiger partial charge in [-0.3, -0.25) is 4.79 Å². The molecule has 98 valence electrons. The first-order valence-corrected chi connectivity index (χ1v) is 5.46. The number of aromatic nitrogens is 1. The molecule has 1 aromatic heterocycles. The average molecular weight is 263 g/mol. The van der Waals surface area contributed by atoms with Crippen LogP contribution in [0.4, 0.5) is 20.3 Å². The molecule has 1 heterocycles. The van der Waals surface area contributed by atoms with Gasteiger partial charge in [0, 0.05) is 12.3 Å². The number of halogens is 2. The van der Waals surface area contributed by atoms with Crippen LogP contribution in [0.2, 0.25) is 0 Å². The highest BCUT2D eigenvalue weighted by atomic mass is 19.1. The van der Waals surface area contributed by atoms with E-state index in [4.69, 9.17) is 5.73 Å². The Labute approximate surface area is 108 Å². The third-order valence-corrected chi connectivity index (χ3v) is 2.48. The number of aryl methyl sites for hydroxylation is 1. The maximum Gasteiger partial charge on any atom is 0.259 e. The maximum atomic E-state index is 13.5. The fourth-order valence-electron chi connectivity index (χ4n) is 1.47. The largest absolute Gasteiger partial charge is 0.396 e. The zero-order valence-corrected chi connectivity index (χ0v) is 10.1. The summed E-state index contributed by atoms with van der Waals surface area (Å²) >= 11 is 0. The molecule has 0 saturated heterocycles. The van der Waals surface area contributed by atoms with E-state index in [1.165, 1.54) is 0 Å². The number of nitrogen functional groups attached to an aromatic ring is 1. The van der Waals surface area contributed by atoms with Crippen molar-refractivity contribution >= 4 is 17.4 Å². The van der Waals surface area contributed by atoms with Gasteiger partial charge in [-0.2, -0.15) is 0 Å². The smallest absolute Gasteiger partial charge is 0.259 e. The van der Waals surface area contributed by atoms with Gasteiger partial charge >= 0.3 is 0 Å². The van der Waals surface area contributed by atoms with Gasteiger partial charge in [-0.1, -0.05) is 6.07 Å². The lowest BCUT2D eigenvalue weighted by Gasteiger charge is -2.07. The number of hydrogen-bond acceptors (Lipinski definition) is 3. The molecule has 0 atom stereocenters. The second kappa shape index (κ2) is 5.01. The fraction of sp³-hybridized carbons (Fsp3) is 0.0769. The number of anilines is 2. The molecule has 4 nitrogen and oxygen atoms in total. The molecule has 6 heteroatoms. The van der Waals surface area contributed by atoms with Crippen LogP contribution >= 0.6 is 0 Å². The average Bonchev–Trinajstić information content (AvgIpc) is 2.36. The van der Waals surface area contributed by atoms with Crippen molar-refractivity contribution in [3.05, 3.63) is 53.2 Å². The third kappa shape index (κ3) is 2.85. The summed E-state index contributed by atoms with van der Waals surface area (Å²) in [7, 11) is 0. The lowest BCUT2D eigenvalue weighted by Crippen LogP contribution is -2.15. The highest BCUT2D eigenvalue weighted by Crippen LogP contribution is 2.17. The van der Waals surface area contributed by atoms with E-state index in [1.807, 2.05) is 6.92 Å². The summed E-state index contributed by atoms with van der Waals surface area (Å²) < 4.78 is 26.5. The summed E-state index contributed by atoms with van der Waals surface area (Å²) in [5.74, 6) is -2.34. The highest BCUT2D eigenvalue weighted by Gasteiger charge is 2.15. The van der Waals surface area contributed by atoms with Gasteiger partial charge in [-0.25, -0.2) is 13.8 Å². The minimum absolute atomic E-state index is 0.276. The van der Waals surface area contributed by atoms with Gasteiger partial charge in [0.15, 0.2) is 0 Å². The first-order chi connectivity index (χ1) is 8.97. The van der Waals surface area contributed by atoms with E-state index in [9.17, 15) is 13.6 Å². The van der Waals surface area contributed by atoms with Gasteiger partial charge < -0.3 is 11.1 Å². The zero-order valence-electron chi connectivity index (χ0n) is 10.1. The minimum atomic E-state index is -0.976. The number of pyridine rings is 1. The van der Waals surface area contributed by atoms with E-state index in [0.29, 0.717) is 6.07 Å². The normalized spacial score (nSPS) is 10.3. The molecule has 0 spiro atoms. The second-order valence-electron chi connectivity index (χ2n) is 4.03. The Bertz CT molecular complexity index is 627. The van der Waals surface area contributed by atoms with Crippen LogP contribution in [0.5, 0.6) is 0 Å². The van der Waals surface area contributed by atoms with Crippen molar-refractivity contribution in [2.75, 3.05) is 11.1 Å². The molecular formula is C13H11F2N3O. The van der Waals surface area contributed by atoms with Crippen LogP contribution in [-0.2, 0) is 0 Å². The van der Waals surface area contributed by atoms with Crippen molar-refractivity contribution in [2.24, 2.45) is 0 Å². The quantitative estimate of drug-likeness (QED) is 0.818. The number of benzene rings is 1. The predicted molar refractivity (Wildman–Crippen MR) is 67.7 cm³/mol. The first-order valence-electron chi connectivity index (χ1n) is 5.46. The van der Waals surface area contributed by atoms with Crippen LogP contribution in [0, 0.1) is 18.6 Å². The molecule has 0 saturated carbocycles. The molecule has 0 aliphatic carbocycles. The van der Waals surface area contributed by atoms with Crippen molar-refractivity contribution in [3.63, 3.8) is 0 Å². The SMILES string of the molecule is Cc1ccc(NC(=O)c2cc(N)c(F)cc2F)nc1.